The number of ether oxygens (including phenoxy) is 1. The van der Waals surface area contributed by atoms with Crippen molar-refractivity contribution in [3.8, 4) is 5.75 Å². The van der Waals surface area contributed by atoms with E-state index in [-0.39, 0.29) is 11.4 Å². The van der Waals surface area contributed by atoms with Crippen molar-refractivity contribution in [2.45, 2.75) is 30.8 Å². The summed E-state index contributed by atoms with van der Waals surface area (Å²) in [4.78, 5) is 0.0788. The van der Waals surface area contributed by atoms with Crippen molar-refractivity contribution in [2.75, 3.05) is 19.8 Å². The van der Waals surface area contributed by atoms with Gasteiger partial charge in [-0.05, 0) is 37.6 Å². The maximum absolute atomic E-state index is 12.0. The Morgan fingerprint density at radius 3 is 2.40 bits per heavy atom. The van der Waals surface area contributed by atoms with E-state index >= 15 is 0 Å². The molecule has 0 saturated heterocycles. The van der Waals surface area contributed by atoms with Gasteiger partial charge in [0.2, 0.25) is 10.0 Å². The van der Waals surface area contributed by atoms with Crippen LogP contribution >= 0.6 is 0 Å². The molecule has 0 aliphatic carbocycles. The first-order valence-electron chi connectivity index (χ1n) is 6.36. The Morgan fingerprint density at radius 1 is 1.30 bits per heavy atom. The summed E-state index contributed by atoms with van der Waals surface area (Å²) in [6.45, 7) is 3.11. The zero-order chi connectivity index (χ0) is 15.2. The highest BCUT2D eigenvalue weighted by atomic mass is 32.2. The molecule has 0 radical (unpaired) electrons. The van der Waals surface area contributed by atoms with Crippen molar-refractivity contribution in [2.24, 2.45) is 0 Å². The lowest BCUT2D eigenvalue weighted by molar-refractivity contribution is 0.00681. The van der Waals surface area contributed by atoms with Crippen LogP contribution in [0.2, 0.25) is 0 Å². The number of hydrogen-bond donors (Lipinski definition) is 3. The van der Waals surface area contributed by atoms with E-state index in [1.165, 1.54) is 19.1 Å². The van der Waals surface area contributed by atoms with Crippen molar-refractivity contribution in [1.29, 1.82) is 0 Å². The van der Waals surface area contributed by atoms with Crippen molar-refractivity contribution < 1.29 is 23.4 Å². The minimum Gasteiger partial charge on any atom is -0.494 e. The number of hydrogen-bond acceptors (Lipinski definition) is 5. The molecular formula is C13H21NO5S. The van der Waals surface area contributed by atoms with Crippen molar-refractivity contribution in [3.05, 3.63) is 24.3 Å². The minimum absolute atomic E-state index is 0.0788. The second-order valence-corrected chi connectivity index (χ2v) is 6.57. The van der Waals surface area contributed by atoms with Crippen LogP contribution in [0.15, 0.2) is 29.2 Å². The Morgan fingerprint density at radius 2 is 1.90 bits per heavy atom. The van der Waals surface area contributed by atoms with Crippen LogP contribution in [0.25, 0.3) is 0 Å². The van der Waals surface area contributed by atoms with E-state index in [0.29, 0.717) is 12.4 Å². The van der Waals surface area contributed by atoms with Gasteiger partial charge in [0, 0.05) is 6.54 Å². The summed E-state index contributed by atoms with van der Waals surface area (Å²) in [5.74, 6) is 0.605. The summed E-state index contributed by atoms with van der Waals surface area (Å²) in [6.07, 6.45) is 0.873. The van der Waals surface area contributed by atoms with E-state index < -0.39 is 22.2 Å². The highest BCUT2D eigenvalue weighted by molar-refractivity contribution is 7.89. The molecule has 0 heterocycles. The van der Waals surface area contributed by atoms with E-state index in [0.717, 1.165) is 6.42 Å². The zero-order valence-corrected chi connectivity index (χ0v) is 12.5. The lowest BCUT2D eigenvalue weighted by Crippen LogP contribution is -2.43. The molecule has 1 aromatic carbocycles. The molecule has 0 aromatic heterocycles. The third kappa shape index (κ3) is 5.09. The molecule has 1 aromatic rings. The Bertz CT molecular complexity index is 510. The van der Waals surface area contributed by atoms with Crippen LogP contribution in [-0.2, 0) is 10.0 Å². The molecular weight excluding hydrogens is 282 g/mol. The Labute approximate surface area is 119 Å². The molecule has 3 N–H and O–H groups in total. The van der Waals surface area contributed by atoms with E-state index in [4.69, 9.17) is 9.84 Å². The molecule has 6 nitrogen and oxygen atoms in total. The fourth-order valence-corrected chi connectivity index (χ4v) is 2.49. The molecule has 0 fully saturated rings. The summed E-state index contributed by atoms with van der Waals surface area (Å²) >= 11 is 0. The third-order valence-corrected chi connectivity index (χ3v) is 4.01. The molecule has 1 atom stereocenters. The van der Waals surface area contributed by atoms with Crippen LogP contribution in [0.4, 0.5) is 0 Å². The first-order valence-corrected chi connectivity index (χ1v) is 7.85. The highest BCUT2D eigenvalue weighted by Crippen LogP contribution is 2.16. The second kappa shape index (κ2) is 7.03. The van der Waals surface area contributed by atoms with Gasteiger partial charge in [-0.1, -0.05) is 6.92 Å². The van der Waals surface area contributed by atoms with Crippen LogP contribution in [0.5, 0.6) is 5.75 Å². The SMILES string of the molecule is CCCOc1ccc(S(=O)(=O)NCC(C)(O)CO)cc1. The number of aliphatic hydroxyl groups is 2. The summed E-state index contributed by atoms with van der Waals surface area (Å²) in [7, 11) is -3.72. The average Bonchev–Trinajstić information content (AvgIpc) is 2.44. The van der Waals surface area contributed by atoms with Crippen molar-refractivity contribution >= 4 is 10.0 Å². The molecule has 7 heteroatoms. The fourth-order valence-electron chi connectivity index (χ4n) is 1.32. The third-order valence-electron chi connectivity index (χ3n) is 2.59. The maximum atomic E-state index is 12.0. The summed E-state index contributed by atoms with van der Waals surface area (Å²) in [6, 6.07) is 6.02. The molecule has 0 spiro atoms. The Balaban J connectivity index is 2.73. The predicted molar refractivity (Wildman–Crippen MR) is 75.1 cm³/mol. The number of rotatable bonds is 8. The van der Waals surface area contributed by atoms with Crippen molar-refractivity contribution in [3.63, 3.8) is 0 Å². The van der Waals surface area contributed by atoms with Crippen LogP contribution in [0.3, 0.4) is 0 Å². The zero-order valence-electron chi connectivity index (χ0n) is 11.7. The topological polar surface area (TPSA) is 95.9 Å². The largest absolute Gasteiger partial charge is 0.494 e. The van der Waals surface area contributed by atoms with Gasteiger partial charge in [-0.2, -0.15) is 0 Å². The first-order chi connectivity index (χ1) is 9.30. The second-order valence-electron chi connectivity index (χ2n) is 4.80. The number of benzene rings is 1. The Hall–Kier alpha value is -1.15. The van der Waals surface area contributed by atoms with E-state index in [2.05, 4.69) is 4.72 Å². The van der Waals surface area contributed by atoms with E-state index in [1.807, 2.05) is 6.92 Å². The molecule has 1 unspecified atom stereocenters. The Kier molecular flexibility index (Phi) is 5.94. The molecule has 114 valence electrons. The number of aliphatic hydroxyl groups excluding tert-OH is 1. The molecule has 0 bridgehead atoms. The molecule has 1 rings (SSSR count). The quantitative estimate of drug-likeness (QED) is 0.650. The predicted octanol–water partition coefficient (Wildman–Crippen LogP) is 0.497. The number of sulfonamides is 1. The lowest BCUT2D eigenvalue weighted by Gasteiger charge is -2.20. The minimum atomic E-state index is -3.72. The van der Waals surface area contributed by atoms with Crippen LogP contribution in [0, 0.1) is 0 Å². The van der Waals surface area contributed by atoms with Gasteiger partial charge in [0.1, 0.15) is 5.75 Å². The summed E-state index contributed by atoms with van der Waals surface area (Å²) in [5, 5.41) is 18.5. The maximum Gasteiger partial charge on any atom is 0.240 e. The summed E-state index contributed by atoms with van der Waals surface area (Å²) in [5.41, 5.74) is -1.49. The lowest BCUT2D eigenvalue weighted by atomic mass is 10.1. The summed E-state index contributed by atoms with van der Waals surface area (Å²) < 4.78 is 31.6. The standard InChI is InChI=1S/C13H21NO5S/c1-3-8-19-11-4-6-12(7-5-11)20(17,18)14-9-13(2,16)10-15/h4-7,14-16H,3,8-10H2,1-2H3. The van der Waals surface area contributed by atoms with Crippen LogP contribution < -0.4 is 9.46 Å². The van der Waals surface area contributed by atoms with Gasteiger partial charge in [0.05, 0.1) is 23.7 Å². The monoisotopic (exact) mass is 303 g/mol. The van der Waals surface area contributed by atoms with Gasteiger partial charge in [0.15, 0.2) is 0 Å². The van der Waals surface area contributed by atoms with Gasteiger partial charge in [0.25, 0.3) is 0 Å². The van der Waals surface area contributed by atoms with Crippen molar-refractivity contribution in [1.82, 2.24) is 4.72 Å². The van der Waals surface area contributed by atoms with Crippen LogP contribution in [0.1, 0.15) is 20.3 Å². The first kappa shape index (κ1) is 16.9. The van der Waals surface area contributed by atoms with E-state index in [1.54, 1.807) is 12.1 Å². The molecule has 0 aliphatic heterocycles. The van der Waals surface area contributed by atoms with Gasteiger partial charge < -0.3 is 14.9 Å². The number of nitrogens with one attached hydrogen (secondary N) is 1. The molecule has 20 heavy (non-hydrogen) atoms. The normalized spacial score (nSPS) is 14.8. The van der Waals surface area contributed by atoms with Gasteiger partial charge in [-0.25, -0.2) is 13.1 Å². The van der Waals surface area contributed by atoms with Gasteiger partial charge in [-0.15, -0.1) is 0 Å². The van der Waals surface area contributed by atoms with Gasteiger partial charge in [-0.3, -0.25) is 0 Å². The smallest absolute Gasteiger partial charge is 0.240 e. The van der Waals surface area contributed by atoms with Gasteiger partial charge >= 0.3 is 0 Å². The van der Waals surface area contributed by atoms with E-state index in [9.17, 15) is 13.5 Å². The molecule has 0 amide bonds. The molecule has 0 aliphatic rings. The van der Waals surface area contributed by atoms with Crippen LogP contribution in [-0.4, -0.2) is 44.0 Å². The molecule has 0 saturated carbocycles. The average molecular weight is 303 g/mol. The fraction of sp³-hybridized carbons (Fsp3) is 0.538. The highest BCUT2D eigenvalue weighted by Gasteiger charge is 2.23.